The minimum absolute atomic E-state index is 0.0479. The molecule has 0 saturated carbocycles. The molecule has 2 fully saturated rings. The Balaban J connectivity index is 1.55. The molecule has 0 radical (unpaired) electrons. The lowest BCUT2D eigenvalue weighted by Gasteiger charge is -2.32. The Kier molecular flexibility index (Phi) is 4.58. The van der Waals surface area contributed by atoms with Crippen LogP contribution in [0.5, 0.6) is 0 Å². The monoisotopic (exact) mass is 356 g/mol. The number of piperidine rings is 1. The summed E-state index contributed by atoms with van der Waals surface area (Å²) < 4.78 is 7.22. The Morgan fingerprint density at radius 1 is 1.35 bits per heavy atom. The molecule has 8 nitrogen and oxygen atoms in total. The number of nitrogens with two attached hydrogens (primary N) is 1. The van der Waals surface area contributed by atoms with E-state index in [4.69, 9.17) is 10.5 Å². The molecule has 2 atom stereocenters. The van der Waals surface area contributed by atoms with Crippen molar-refractivity contribution in [3.63, 3.8) is 0 Å². The minimum atomic E-state index is 0.0479. The molecule has 138 valence electrons. The Morgan fingerprint density at radius 3 is 3.00 bits per heavy atom. The average molecular weight is 356 g/mol. The maximum atomic E-state index is 13.2. The number of hydrogen-bond acceptors (Lipinski definition) is 6. The molecule has 8 heteroatoms. The second-order valence-electron chi connectivity index (χ2n) is 7.09. The van der Waals surface area contributed by atoms with E-state index in [1.54, 1.807) is 10.9 Å². The number of anilines is 1. The van der Waals surface area contributed by atoms with E-state index in [1.807, 2.05) is 24.2 Å². The number of carbonyl (C=O) groups is 1. The van der Waals surface area contributed by atoms with Crippen molar-refractivity contribution in [3.8, 4) is 0 Å². The molecule has 2 saturated heterocycles. The molecule has 2 N–H and O–H groups in total. The molecule has 0 spiro atoms. The van der Waals surface area contributed by atoms with Gasteiger partial charge in [0.1, 0.15) is 0 Å². The van der Waals surface area contributed by atoms with Gasteiger partial charge in [0.05, 0.1) is 23.6 Å². The van der Waals surface area contributed by atoms with E-state index < -0.39 is 0 Å². The molecule has 0 aliphatic carbocycles. The van der Waals surface area contributed by atoms with Gasteiger partial charge in [0.2, 0.25) is 5.95 Å². The van der Waals surface area contributed by atoms with Crippen molar-refractivity contribution in [2.45, 2.75) is 31.1 Å². The summed E-state index contributed by atoms with van der Waals surface area (Å²) in [6.07, 6.45) is 6.37. The first-order valence-electron chi connectivity index (χ1n) is 9.11. The van der Waals surface area contributed by atoms with Crippen LogP contribution >= 0.6 is 0 Å². The summed E-state index contributed by atoms with van der Waals surface area (Å²) in [5, 5.41) is 4.55. The first kappa shape index (κ1) is 17.0. The number of hydrogen-bond donors (Lipinski definition) is 1. The molecule has 1 amide bonds. The van der Waals surface area contributed by atoms with E-state index in [2.05, 4.69) is 15.1 Å². The number of ether oxygens (including phenoxy) is 1. The number of aryl methyl sites for hydroxylation is 1. The van der Waals surface area contributed by atoms with Gasteiger partial charge in [-0.2, -0.15) is 5.10 Å². The lowest BCUT2D eigenvalue weighted by atomic mass is 9.93. The zero-order chi connectivity index (χ0) is 18.1. The van der Waals surface area contributed by atoms with Crippen molar-refractivity contribution < 1.29 is 9.53 Å². The quantitative estimate of drug-likeness (QED) is 0.890. The van der Waals surface area contributed by atoms with Crippen molar-refractivity contribution in [2.75, 3.05) is 32.0 Å². The van der Waals surface area contributed by atoms with Crippen molar-refractivity contribution in [2.24, 2.45) is 7.05 Å². The normalized spacial score (nSPS) is 23.3. The van der Waals surface area contributed by atoms with Gasteiger partial charge < -0.3 is 15.4 Å². The number of amides is 1. The molecular weight excluding hydrogens is 332 g/mol. The fourth-order valence-electron chi connectivity index (χ4n) is 3.91. The molecule has 4 rings (SSSR count). The van der Waals surface area contributed by atoms with Crippen LogP contribution in [0.2, 0.25) is 0 Å². The van der Waals surface area contributed by atoms with Crippen molar-refractivity contribution >= 4 is 11.9 Å². The molecular formula is C18H24N6O2. The molecule has 4 heterocycles. The van der Waals surface area contributed by atoms with Crippen LogP contribution < -0.4 is 5.73 Å². The van der Waals surface area contributed by atoms with Crippen LogP contribution in [-0.2, 0) is 11.8 Å². The zero-order valence-corrected chi connectivity index (χ0v) is 15.0. The van der Waals surface area contributed by atoms with Crippen LogP contribution in [0.25, 0.3) is 0 Å². The number of likely N-dealkylation sites (tertiary alicyclic amines) is 1. The number of nitrogens with zero attached hydrogens (tertiary/aromatic N) is 5. The smallest absolute Gasteiger partial charge is 0.257 e. The largest absolute Gasteiger partial charge is 0.381 e. The van der Waals surface area contributed by atoms with Crippen LogP contribution in [-0.4, -0.2) is 56.9 Å². The Morgan fingerprint density at radius 2 is 2.23 bits per heavy atom. The summed E-state index contributed by atoms with van der Waals surface area (Å²) >= 11 is 0. The highest BCUT2D eigenvalue weighted by atomic mass is 16.5. The molecule has 2 unspecified atom stereocenters. The van der Waals surface area contributed by atoms with Crippen molar-refractivity contribution in [1.29, 1.82) is 0 Å². The SMILES string of the molecule is Cn1cc(C(=O)N2CCCC(c3ccnc(N)n3)C2)c(C2CCOC2)n1. The third-order valence-electron chi connectivity index (χ3n) is 5.23. The predicted molar refractivity (Wildman–Crippen MR) is 95.7 cm³/mol. The predicted octanol–water partition coefficient (Wildman–Crippen LogP) is 1.32. The molecule has 2 aliphatic heterocycles. The number of aromatic nitrogens is 4. The van der Waals surface area contributed by atoms with Gasteiger partial charge in [0, 0.05) is 51.0 Å². The van der Waals surface area contributed by atoms with Crippen LogP contribution in [0.3, 0.4) is 0 Å². The van der Waals surface area contributed by atoms with Gasteiger partial charge >= 0.3 is 0 Å². The first-order valence-corrected chi connectivity index (χ1v) is 9.11. The molecule has 2 aliphatic rings. The van der Waals surface area contributed by atoms with Gasteiger partial charge in [0.25, 0.3) is 5.91 Å². The molecule has 26 heavy (non-hydrogen) atoms. The summed E-state index contributed by atoms with van der Waals surface area (Å²) in [5.74, 6) is 0.721. The maximum Gasteiger partial charge on any atom is 0.257 e. The van der Waals surface area contributed by atoms with Gasteiger partial charge in [-0.25, -0.2) is 9.97 Å². The van der Waals surface area contributed by atoms with E-state index in [0.717, 1.165) is 43.8 Å². The van der Waals surface area contributed by atoms with Gasteiger partial charge in [-0.05, 0) is 25.3 Å². The number of carbonyl (C=O) groups excluding carboxylic acids is 1. The fourth-order valence-corrected chi connectivity index (χ4v) is 3.91. The average Bonchev–Trinajstić information content (AvgIpc) is 3.30. The van der Waals surface area contributed by atoms with Gasteiger partial charge in [-0.3, -0.25) is 9.48 Å². The Labute approximate surface area is 152 Å². The zero-order valence-electron chi connectivity index (χ0n) is 15.0. The topological polar surface area (TPSA) is 99.2 Å². The molecule has 0 aromatic carbocycles. The van der Waals surface area contributed by atoms with Crippen LogP contribution in [0.1, 0.15) is 52.8 Å². The Hall–Kier alpha value is -2.48. The van der Waals surface area contributed by atoms with Crippen LogP contribution in [0, 0.1) is 0 Å². The number of rotatable bonds is 3. The standard InChI is InChI=1S/C18H24N6O2/c1-23-10-14(16(22-23)13-5-8-26-11-13)17(25)24-7-2-3-12(9-24)15-4-6-20-18(19)21-15/h4,6,10,12-13H,2-3,5,7-9,11H2,1H3,(H2,19,20,21). The highest BCUT2D eigenvalue weighted by Gasteiger charge is 2.31. The number of nitrogen functional groups attached to an aromatic ring is 1. The summed E-state index contributed by atoms with van der Waals surface area (Å²) in [4.78, 5) is 23.4. The fraction of sp³-hybridized carbons (Fsp3) is 0.556. The molecule has 2 aromatic rings. The summed E-state index contributed by atoms with van der Waals surface area (Å²) in [7, 11) is 1.86. The minimum Gasteiger partial charge on any atom is -0.381 e. The van der Waals surface area contributed by atoms with E-state index in [1.165, 1.54) is 0 Å². The van der Waals surface area contributed by atoms with Crippen molar-refractivity contribution in [1.82, 2.24) is 24.6 Å². The van der Waals surface area contributed by atoms with Gasteiger partial charge in [-0.1, -0.05) is 0 Å². The van der Waals surface area contributed by atoms with E-state index in [-0.39, 0.29) is 23.7 Å². The molecule has 2 aromatic heterocycles. The third kappa shape index (κ3) is 3.29. The summed E-state index contributed by atoms with van der Waals surface area (Å²) in [6, 6.07) is 1.89. The highest BCUT2D eigenvalue weighted by Crippen LogP contribution is 2.30. The lowest BCUT2D eigenvalue weighted by molar-refractivity contribution is 0.0704. The van der Waals surface area contributed by atoms with Gasteiger partial charge in [0.15, 0.2) is 0 Å². The first-order chi connectivity index (χ1) is 12.6. The van der Waals surface area contributed by atoms with E-state index >= 15 is 0 Å². The van der Waals surface area contributed by atoms with Crippen molar-refractivity contribution in [3.05, 3.63) is 35.4 Å². The van der Waals surface area contributed by atoms with Gasteiger partial charge in [-0.15, -0.1) is 0 Å². The van der Waals surface area contributed by atoms with E-state index in [0.29, 0.717) is 18.7 Å². The summed E-state index contributed by atoms with van der Waals surface area (Å²) in [5.41, 5.74) is 8.19. The summed E-state index contributed by atoms with van der Waals surface area (Å²) in [6.45, 7) is 2.77. The lowest BCUT2D eigenvalue weighted by Crippen LogP contribution is -2.39. The third-order valence-corrected chi connectivity index (χ3v) is 5.23. The Bertz CT molecular complexity index is 799. The maximum absolute atomic E-state index is 13.2. The second kappa shape index (κ2) is 7.03. The highest BCUT2D eigenvalue weighted by molar-refractivity contribution is 5.95. The van der Waals surface area contributed by atoms with E-state index in [9.17, 15) is 4.79 Å². The van der Waals surface area contributed by atoms with Crippen LogP contribution in [0.4, 0.5) is 5.95 Å². The van der Waals surface area contributed by atoms with Crippen LogP contribution in [0.15, 0.2) is 18.5 Å². The second-order valence-corrected chi connectivity index (χ2v) is 7.09. The molecule has 0 bridgehead atoms.